The van der Waals surface area contributed by atoms with Crippen molar-refractivity contribution >= 4 is 40.0 Å². The highest BCUT2D eigenvalue weighted by molar-refractivity contribution is 5.87. The van der Waals surface area contributed by atoms with Gasteiger partial charge >= 0.3 is 6.09 Å². The summed E-state index contributed by atoms with van der Waals surface area (Å²) in [5.41, 5.74) is 7.74. The molecule has 12 heteroatoms. The van der Waals surface area contributed by atoms with Gasteiger partial charge in [0.2, 0.25) is 11.8 Å². The monoisotopic (exact) mass is 678 g/mol. The molecule has 1 fully saturated rings. The zero-order valence-corrected chi connectivity index (χ0v) is 29.7. The van der Waals surface area contributed by atoms with Crippen molar-refractivity contribution in [2.45, 2.75) is 64.7 Å². The Morgan fingerprint density at radius 1 is 0.840 bits per heavy atom. The summed E-state index contributed by atoms with van der Waals surface area (Å²) in [6.07, 6.45) is 1.02. The number of hydrogen-bond donors (Lipinski definition) is 4. The molecule has 1 unspecified atom stereocenters. The summed E-state index contributed by atoms with van der Waals surface area (Å²) in [4.78, 5) is 58.0. The normalized spacial score (nSPS) is 16.6. The number of nitrogens with one attached hydrogen (secondary N) is 4. The molecule has 0 aliphatic carbocycles. The molecule has 1 aliphatic heterocycles. The van der Waals surface area contributed by atoms with E-state index in [-0.39, 0.29) is 35.9 Å². The van der Waals surface area contributed by atoms with Crippen molar-refractivity contribution in [3.8, 4) is 22.3 Å². The fourth-order valence-electron chi connectivity index (χ4n) is 7.00. The number of aromatic amines is 2. The number of imidazole rings is 2. The van der Waals surface area contributed by atoms with E-state index < -0.39 is 12.1 Å². The Bertz CT molecular complexity index is 2010. The summed E-state index contributed by atoms with van der Waals surface area (Å²) in [6, 6.07) is 19.4. The summed E-state index contributed by atoms with van der Waals surface area (Å²) >= 11 is 0. The molecule has 50 heavy (non-hydrogen) atoms. The molecule has 0 bridgehead atoms. The van der Waals surface area contributed by atoms with Gasteiger partial charge in [0.25, 0.3) is 0 Å². The van der Waals surface area contributed by atoms with Crippen molar-refractivity contribution in [3.05, 3.63) is 72.3 Å². The molecule has 3 heterocycles. The van der Waals surface area contributed by atoms with Crippen LogP contribution in [0.1, 0.15) is 64.3 Å². The van der Waals surface area contributed by atoms with Gasteiger partial charge in [-0.3, -0.25) is 14.5 Å². The van der Waals surface area contributed by atoms with Crippen molar-refractivity contribution in [1.82, 2.24) is 40.4 Å². The van der Waals surface area contributed by atoms with E-state index in [0.29, 0.717) is 6.54 Å². The fraction of sp³-hybridized carbons (Fsp3) is 0.395. The first-order valence-electron chi connectivity index (χ1n) is 17.2. The number of carbonyl (C=O) groups excluding carboxylic acids is 3. The number of ether oxygens (including phenoxy) is 1. The molecule has 0 saturated carbocycles. The number of H-pyrrole nitrogens is 2. The Hall–Kier alpha value is -5.23. The topological polar surface area (TPSA) is 148 Å². The number of fused-ring (bicyclic) bond motifs is 2. The maximum Gasteiger partial charge on any atom is 0.407 e. The van der Waals surface area contributed by atoms with Crippen LogP contribution in [0.15, 0.2) is 60.7 Å². The molecule has 4 atom stereocenters. The fourth-order valence-corrected chi connectivity index (χ4v) is 7.00. The van der Waals surface area contributed by atoms with E-state index in [4.69, 9.17) is 9.97 Å². The number of carbonyl (C=O) groups is 3. The number of methoxy groups -OCH3 is 1. The molecule has 0 spiro atoms. The second kappa shape index (κ2) is 14.3. The first kappa shape index (κ1) is 34.6. The largest absolute Gasteiger partial charge is 0.453 e. The van der Waals surface area contributed by atoms with Crippen molar-refractivity contribution in [2.24, 2.45) is 5.92 Å². The van der Waals surface area contributed by atoms with E-state index >= 15 is 0 Å². The number of benzene rings is 3. The predicted molar refractivity (Wildman–Crippen MR) is 194 cm³/mol. The van der Waals surface area contributed by atoms with E-state index in [2.05, 4.69) is 73.9 Å². The van der Waals surface area contributed by atoms with E-state index in [0.717, 1.165) is 68.8 Å². The number of rotatable bonds is 10. The summed E-state index contributed by atoms with van der Waals surface area (Å²) in [5.74, 6) is 1.47. The minimum absolute atomic E-state index is 0.0145. The lowest BCUT2D eigenvalue weighted by Gasteiger charge is -2.27. The molecule has 2 aromatic heterocycles. The lowest BCUT2D eigenvalue weighted by Crippen LogP contribution is -2.47. The third-order valence-electron chi connectivity index (χ3n) is 9.52. The number of aromatic nitrogens is 4. The first-order chi connectivity index (χ1) is 23.9. The highest BCUT2D eigenvalue weighted by atomic mass is 16.5. The standard InChI is InChI=1S/C38H46N8O4/c1-21(2)33(45(5)6)36(47)39-22(3)34-41-28-16-14-26(19-30(28)43-34)24-10-12-25(13-11-24)27-15-17-29-31(20-27)44-35(42-29)32-9-8-18-46(32)37(48)23(4)40-38(49)50-7/h10-17,19-23,32-33H,8-9,18H2,1-7H3,(H,39,47)(H,40,49)(H,41,43)(H,42,44)/t22-,23?,32-,33+/m0/s1. The molecule has 6 rings (SSSR count). The van der Waals surface area contributed by atoms with Crippen molar-refractivity contribution in [2.75, 3.05) is 27.7 Å². The lowest BCUT2D eigenvalue weighted by molar-refractivity contribution is -0.134. The van der Waals surface area contributed by atoms with Crippen LogP contribution in [0.2, 0.25) is 0 Å². The smallest absolute Gasteiger partial charge is 0.407 e. The molecule has 5 aromatic rings. The van der Waals surface area contributed by atoms with Crippen molar-refractivity contribution in [3.63, 3.8) is 0 Å². The Morgan fingerprint density at radius 3 is 2.00 bits per heavy atom. The number of nitrogens with zero attached hydrogens (tertiary/aromatic N) is 4. The van der Waals surface area contributed by atoms with Gasteiger partial charge in [0.05, 0.1) is 47.3 Å². The summed E-state index contributed by atoms with van der Waals surface area (Å²) in [7, 11) is 5.12. The molecule has 1 aliphatic rings. The Balaban J connectivity index is 1.16. The van der Waals surface area contributed by atoms with Crippen LogP contribution in [0.4, 0.5) is 4.79 Å². The van der Waals surface area contributed by atoms with Gasteiger partial charge in [-0.1, -0.05) is 50.2 Å². The summed E-state index contributed by atoms with van der Waals surface area (Å²) in [6.45, 7) is 8.31. The van der Waals surface area contributed by atoms with Crippen LogP contribution in [0.25, 0.3) is 44.3 Å². The van der Waals surface area contributed by atoms with Gasteiger partial charge in [-0.15, -0.1) is 0 Å². The third-order valence-corrected chi connectivity index (χ3v) is 9.52. The first-order valence-corrected chi connectivity index (χ1v) is 17.2. The molecule has 4 N–H and O–H groups in total. The van der Waals surface area contributed by atoms with Gasteiger partial charge in [0, 0.05) is 6.54 Å². The second-order valence-corrected chi connectivity index (χ2v) is 13.7. The molecule has 3 amide bonds. The number of likely N-dealkylation sites (tertiary alicyclic amines) is 1. The van der Waals surface area contributed by atoms with Crippen LogP contribution in [-0.4, -0.2) is 87.5 Å². The quantitative estimate of drug-likeness (QED) is 0.143. The van der Waals surface area contributed by atoms with Crippen LogP contribution in [-0.2, 0) is 14.3 Å². The Kier molecular flexibility index (Phi) is 9.92. The van der Waals surface area contributed by atoms with Crippen LogP contribution >= 0.6 is 0 Å². The van der Waals surface area contributed by atoms with Crippen molar-refractivity contribution in [1.29, 1.82) is 0 Å². The number of alkyl carbamates (subject to hydrolysis) is 1. The number of likely N-dealkylation sites (N-methyl/N-ethyl adjacent to an activating group) is 1. The molecule has 1 saturated heterocycles. The van der Waals surface area contributed by atoms with Gasteiger partial charge < -0.3 is 30.2 Å². The van der Waals surface area contributed by atoms with Gasteiger partial charge in [0.1, 0.15) is 17.7 Å². The highest BCUT2D eigenvalue weighted by Gasteiger charge is 2.35. The third kappa shape index (κ3) is 7.07. The van der Waals surface area contributed by atoms with E-state index in [1.54, 1.807) is 11.8 Å². The van der Waals surface area contributed by atoms with Gasteiger partial charge in [-0.25, -0.2) is 14.8 Å². The minimum atomic E-state index is -0.699. The van der Waals surface area contributed by atoms with Crippen LogP contribution in [0.3, 0.4) is 0 Å². The molecule has 12 nitrogen and oxygen atoms in total. The molecular formula is C38H46N8O4. The van der Waals surface area contributed by atoms with Crippen LogP contribution in [0, 0.1) is 5.92 Å². The summed E-state index contributed by atoms with van der Waals surface area (Å²) < 4.78 is 4.66. The molecule has 0 radical (unpaired) electrons. The van der Waals surface area contributed by atoms with E-state index in [1.165, 1.54) is 7.11 Å². The lowest BCUT2D eigenvalue weighted by atomic mass is 10.00. The Labute approximate surface area is 292 Å². The van der Waals surface area contributed by atoms with Gasteiger partial charge in [0.15, 0.2) is 0 Å². The van der Waals surface area contributed by atoms with Crippen LogP contribution in [0.5, 0.6) is 0 Å². The van der Waals surface area contributed by atoms with Crippen LogP contribution < -0.4 is 10.6 Å². The zero-order valence-electron chi connectivity index (χ0n) is 29.7. The van der Waals surface area contributed by atoms with Crippen molar-refractivity contribution < 1.29 is 19.1 Å². The second-order valence-electron chi connectivity index (χ2n) is 13.7. The highest BCUT2D eigenvalue weighted by Crippen LogP contribution is 2.34. The molecular weight excluding hydrogens is 632 g/mol. The average Bonchev–Trinajstić information content (AvgIpc) is 3.85. The number of hydrogen-bond acceptors (Lipinski definition) is 7. The van der Waals surface area contributed by atoms with Gasteiger partial charge in [-0.05, 0) is 93.2 Å². The molecule has 262 valence electrons. The molecule has 3 aromatic carbocycles. The predicted octanol–water partition coefficient (Wildman–Crippen LogP) is 5.94. The Morgan fingerprint density at radius 2 is 1.42 bits per heavy atom. The van der Waals surface area contributed by atoms with Gasteiger partial charge in [-0.2, -0.15) is 0 Å². The zero-order chi connectivity index (χ0) is 35.7. The average molecular weight is 679 g/mol. The number of amides is 3. The van der Waals surface area contributed by atoms with E-state index in [9.17, 15) is 14.4 Å². The maximum absolute atomic E-state index is 13.1. The summed E-state index contributed by atoms with van der Waals surface area (Å²) in [5, 5.41) is 5.69. The SMILES string of the molecule is COC(=O)NC(C)C(=O)N1CCC[C@H]1c1nc2ccc(-c3ccc(-c4ccc5nc([C@H](C)NC(=O)[C@@H](C(C)C)N(C)C)[nH]c5c4)cc3)cc2[nH]1. The maximum atomic E-state index is 13.1. The minimum Gasteiger partial charge on any atom is -0.453 e. The van der Waals surface area contributed by atoms with E-state index in [1.807, 2.05) is 51.9 Å².